The van der Waals surface area contributed by atoms with Crippen molar-refractivity contribution in [2.75, 3.05) is 0 Å². The lowest BCUT2D eigenvalue weighted by molar-refractivity contribution is -0.274. The van der Waals surface area contributed by atoms with Crippen LogP contribution in [-0.2, 0) is 0 Å². The van der Waals surface area contributed by atoms with Gasteiger partial charge in [0.25, 0.3) is 0 Å². The second-order valence-corrected chi connectivity index (χ2v) is 4.69. The number of nitrogens with two attached hydrogens (primary N) is 1. The predicted molar refractivity (Wildman–Crippen MR) is 71.4 cm³/mol. The minimum absolute atomic E-state index is 0. The van der Waals surface area contributed by atoms with E-state index in [0.29, 0.717) is 5.92 Å². The van der Waals surface area contributed by atoms with Crippen molar-refractivity contribution in [1.29, 1.82) is 0 Å². The van der Waals surface area contributed by atoms with E-state index in [-0.39, 0.29) is 24.2 Å². The molecular weight excluding hydrogens is 279 g/mol. The summed E-state index contributed by atoms with van der Waals surface area (Å²) in [4.78, 5) is 0. The molecule has 1 aromatic rings. The summed E-state index contributed by atoms with van der Waals surface area (Å²) in [5, 5.41) is 0. The molecule has 0 unspecified atom stereocenters. The molecule has 0 fully saturated rings. The van der Waals surface area contributed by atoms with E-state index in [1.165, 1.54) is 12.1 Å². The van der Waals surface area contributed by atoms with Gasteiger partial charge in [-0.15, -0.1) is 25.6 Å². The molecule has 0 radical (unpaired) electrons. The molecule has 0 saturated carbocycles. The van der Waals surface area contributed by atoms with Crippen LogP contribution in [0.25, 0.3) is 0 Å². The quantitative estimate of drug-likeness (QED) is 0.872. The molecule has 1 aromatic carbocycles. The molecular formula is C13H19ClF3NO. The molecule has 0 heterocycles. The Morgan fingerprint density at radius 3 is 2.05 bits per heavy atom. The zero-order valence-corrected chi connectivity index (χ0v) is 11.7. The van der Waals surface area contributed by atoms with E-state index >= 15 is 0 Å². The van der Waals surface area contributed by atoms with E-state index in [2.05, 4.69) is 18.6 Å². The van der Waals surface area contributed by atoms with E-state index in [9.17, 15) is 13.2 Å². The normalized spacial score (nSPS) is 13.0. The van der Waals surface area contributed by atoms with Crippen LogP contribution in [0.1, 0.15) is 38.3 Å². The number of hydrogen-bond acceptors (Lipinski definition) is 2. The van der Waals surface area contributed by atoms with Gasteiger partial charge in [-0.2, -0.15) is 0 Å². The molecule has 1 atom stereocenters. The lowest BCUT2D eigenvalue weighted by Gasteiger charge is -2.14. The summed E-state index contributed by atoms with van der Waals surface area (Å²) in [6.07, 6.45) is -2.85. The molecule has 0 bridgehead atoms. The lowest BCUT2D eigenvalue weighted by atomic mass is 9.98. The third-order valence-electron chi connectivity index (χ3n) is 2.60. The van der Waals surface area contributed by atoms with Gasteiger partial charge in [-0.1, -0.05) is 26.0 Å². The predicted octanol–water partition coefficient (Wildman–Crippen LogP) is 4.44. The van der Waals surface area contributed by atoms with Crippen LogP contribution in [0.3, 0.4) is 0 Å². The Bertz CT molecular complexity index is 365. The Morgan fingerprint density at radius 2 is 1.63 bits per heavy atom. The van der Waals surface area contributed by atoms with Gasteiger partial charge in [0, 0.05) is 6.04 Å². The van der Waals surface area contributed by atoms with Gasteiger partial charge in [0.2, 0.25) is 0 Å². The first-order chi connectivity index (χ1) is 8.28. The highest BCUT2D eigenvalue weighted by Gasteiger charge is 2.30. The Labute approximate surface area is 117 Å². The van der Waals surface area contributed by atoms with E-state index in [1.54, 1.807) is 12.1 Å². The van der Waals surface area contributed by atoms with Crippen LogP contribution in [0.15, 0.2) is 24.3 Å². The van der Waals surface area contributed by atoms with Crippen LogP contribution < -0.4 is 10.5 Å². The highest BCUT2D eigenvalue weighted by Crippen LogP contribution is 2.25. The Balaban J connectivity index is 0.00000324. The molecule has 0 aliphatic heterocycles. The third-order valence-corrected chi connectivity index (χ3v) is 2.60. The highest BCUT2D eigenvalue weighted by molar-refractivity contribution is 5.85. The van der Waals surface area contributed by atoms with Crippen molar-refractivity contribution in [3.05, 3.63) is 29.8 Å². The Hall–Kier alpha value is -0.940. The number of rotatable bonds is 5. The van der Waals surface area contributed by atoms with Gasteiger partial charge >= 0.3 is 6.36 Å². The first kappa shape index (κ1) is 18.1. The van der Waals surface area contributed by atoms with Gasteiger partial charge in [0.1, 0.15) is 5.75 Å². The Kier molecular flexibility index (Phi) is 7.23. The first-order valence-electron chi connectivity index (χ1n) is 5.89. The molecule has 0 aromatic heterocycles. The van der Waals surface area contributed by atoms with Crippen LogP contribution >= 0.6 is 12.4 Å². The smallest absolute Gasteiger partial charge is 0.406 e. The van der Waals surface area contributed by atoms with Crippen molar-refractivity contribution in [3.63, 3.8) is 0 Å². The molecule has 0 amide bonds. The fraction of sp³-hybridized carbons (Fsp3) is 0.538. The molecule has 19 heavy (non-hydrogen) atoms. The van der Waals surface area contributed by atoms with Crippen molar-refractivity contribution in [2.24, 2.45) is 11.7 Å². The number of halogens is 4. The molecule has 6 heteroatoms. The molecule has 0 aliphatic rings. The number of ether oxygens (including phenoxy) is 1. The summed E-state index contributed by atoms with van der Waals surface area (Å²) in [7, 11) is 0. The van der Waals surface area contributed by atoms with Crippen LogP contribution in [-0.4, -0.2) is 6.36 Å². The summed E-state index contributed by atoms with van der Waals surface area (Å²) in [6, 6.07) is 5.58. The molecule has 2 N–H and O–H groups in total. The molecule has 0 spiro atoms. The average Bonchev–Trinajstić information content (AvgIpc) is 2.24. The van der Waals surface area contributed by atoms with Crippen molar-refractivity contribution < 1.29 is 17.9 Å². The van der Waals surface area contributed by atoms with Crippen molar-refractivity contribution in [2.45, 2.75) is 39.1 Å². The molecule has 1 rings (SSSR count). The summed E-state index contributed by atoms with van der Waals surface area (Å²) < 4.78 is 39.7. The number of alkyl halides is 3. The molecule has 0 saturated heterocycles. The van der Waals surface area contributed by atoms with Crippen molar-refractivity contribution in [3.8, 4) is 5.75 Å². The second kappa shape index (κ2) is 7.60. The van der Waals surface area contributed by atoms with Crippen LogP contribution in [0, 0.1) is 5.92 Å². The zero-order valence-electron chi connectivity index (χ0n) is 10.9. The van der Waals surface area contributed by atoms with Gasteiger partial charge in [0.15, 0.2) is 0 Å². The van der Waals surface area contributed by atoms with Gasteiger partial charge in [-0.3, -0.25) is 0 Å². The van der Waals surface area contributed by atoms with Crippen molar-refractivity contribution >= 4 is 12.4 Å². The second-order valence-electron chi connectivity index (χ2n) is 4.69. The summed E-state index contributed by atoms with van der Waals surface area (Å²) in [5.41, 5.74) is 6.78. The van der Waals surface area contributed by atoms with Crippen LogP contribution in [0.2, 0.25) is 0 Å². The number of benzene rings is 1. The van der Waals surface area contributed by atoms with E-state index < -0.39 is 6.36 Å². The summed E-state index contributed by atoms with van der Waals surface area (Å²) >= 11 is 0. The summed E-state index contributed by atoms with van der Waals surface area (Å²) in [5.74, 6) is 0.339. The van der Waals surface area contributed by atoms with E-state index in [0.717, 1.165) is 18.4 Å². The van der Waals surface area contributed by atoms with Crippen LogP contribution in [0.5, 0.6) is 5.75 Å². The Morgan fingerprint density at radius 1 is 1.11 bits per heavy atom. The van der Waals surface area contributed by atoms with E-state index in [4.69, 9.17) is 5.73 Å². The van der Waals surface area contributed by atoms with Gasteiger partial charge in [-0.25, -0.2) is 0 Å². The monoisotopic (exact) mass is 297 g/mol. The maximum atomic E-state index is 12.0. The fourth-order valence-electron chi connectivity index (χ4n) is 1.60. The first-order valence-corrected chi connectivity index (χ1v) is 5.89. The van der Waals surface area contributed by atoms with E-state index in [1.807, 2.05) is 0 Å². The molecule has 0 aliphatic carbocycles. The zero-order chi connectivity index (χ0) is 13.8. The maximum Gasteiger partial charge on any atom is 0.573 e. The molecule has 2 nitrogen and oxygen atoms in total. The highest BCUT2D eigenvalue weighted by atomic mass is 35.5. The van der Waals surface area contributed by atoms with Crippen LogP contribution in [0.4, 0.5) is 13.2 Å². The van der Waals surface area contributed by atoms with Crippen molar-refractivity contribution in [1.82, 2.24) is 0 Å². The third kappa shape index (κ3) is 7.28. The molecule has 110 valence electrons. The standard InChI is InChI=1S/C13H18F3NO.ClH/c1-9(2)3-8-12(17)10-4-6-11(7-5-10)18-13(14,15)16;/h4-7,9,12H,3,8,17H2,1-2H3;1H/t12-;/m1./s1. The number of hydrogen-bond donors (Lipinski definition) is 1. The lowest BCUT2D eigenvalue weighted by Crippen LogP contribution is -2.17. The SMILES string of the molecule is CC(C)CC[C@@H](N)c1ccc(OC(F)(F)F)cc1.Cl. The minimum atomic E-state index is -4.65. The van der Waals surface area contributed by atoms with Gasteiger partial charge in [0.05, 0.1) is 0 Å². The minimum Gasteiger partial charge on any atom is -0.406 e. The van der Waals surface area contributed by atoms with Gasteiger partial charge < -0.3 is 10.5 Å². The fourth-order valence-corrected chi connectivity index (χ4v) is 1.60. The maximum absolute atomic E-state index is 12.0. The topological polar surface area (TPSA) is 35.2 Å². The van der Waals surface area contributed by atoms with Gasteiger partial charge in [-0.05, 0) is 36.5 Å². The average molecular weight is 298 g/mol. The summed E-state index contributed by atoms with van der Waals surface area (Å²) in [6.45, 7) is 4.21. The largest absolute Gasteiger partial charge is 0.573 e.